The normalized spacial score (nSPS) is 10.3. The summed E-state index contributed by atoms with van der Waals surface area (Å²) in [5.41, 5.74) is 0.470. The first-order valence-corrected chi connectivity index (χ1v) is 6.96. The van der Waals surface area contributed by atoms with E-state index in [2.05, 4.69) is 31.5 Å². The number of pyridine rings is 1. The average molecular weight is 356 g/mol. The monoisotopic (exact) mass is 355 g/mol. The number of halogens is 3. The van der Waals surface area contributed by atoms with E-state index in [-0.39, 0.29) is 15.9 Å². The van der Waals surface area contributed by atoms with Crippen LogP contribution in [0.1, 0.15) is 17.3 Å². The third-order valence-electron chi connectivity index (χ3n) is 2.62. The second-order valence-electron chi connectivity index (χ2n) is 4.16. The van der Waals surface area contributed by atoms with Gasteiger partial charge in [0.05, 0.1) is 16.2 Å². The van der Waals surface area contributed by atoms with E-state index in [1.807, 2.05) is 6.92 Å². The Labute approximate surface area is 128 Å². The number of carbonyl (C=O) groups excluding carboxylic acids is 1. The number of rotatable bonds is 4. The molecule has 4 nitrogen and oxygen atoms in total. The fourth-order valence-electron chi connectivity index (χ4n) is 1.69. The van der Waals surface area contributed by atoms with Crippen LogP contribution in [0.4, 0.5) is 20.3 Å². The average Bonchev–Trinajstić information content (AvgIpc) is 2.45. The first kappa shape index (κ1) is 15.4. The molecule has 0 spiro atoms. The zero-order valence-corrected chi connectivity index (χ0v) is 12.7. The van der Waals surface area contributed by atoms with Gasteiger partial charge in [-0.2, -0.15) is 0 Å². The van der Waals surface area contributed by atoms with Gasteiger partial charge in [0.1, 0.15) is 17.5 Å². The number of hydrogen-bond donors (Lipinski definition) is 2. The number of amides is 1. The summed E-state index contributed by atoms with van der Waals surface area (Å²) >= 11 is 3.03. The van der Waals surface area contributed by atoms with Crippen LogP contribution in [0.5, 0.6) is 0 Å². The molecule has 110 valence electrons. The van der Waals surface area contributed by atoms with E-state index >= 15 is 0 Å². The van der Waals surface area contributed by atoms with Crippen LogP contribution in [0.2, 0.25) is 0 Å². The SMILES string of the molecule is CCNc1ncc(F)cc1C(=O)Nc1ccc(F)c(Br)c1. The van der Waals surface area contributed by atoms with Crippen LogP contribution in [0.25, 0.3) is 0 Å². The fraction of sp³-hybridized carbons (Fsp3) is 0.143. The molecule has 0 saturated carbocycles. The van der Waals surface area contributed by atoms with Crippen LogP contribution in [-0.2, 0) is 0 Å². The van der Waals surface area contributed by atoms with Gasteiger partial charge in [0.2, 0.25) is 0 Å². The van der Waals surface area contributed by atoms with E-state index in [4.69, 9.17) is 0 Å². The maximum atomic E-state index is 13.3. The second kappa shape index (κ2) is 6.62. The number of hydrogen-bond acceptors (Lipinski definition) is 3. The van der Waals surface area contributed by atoms with E-state index in [0.717, 1.165) is 12.3 Å². The number of nitrogens with one attached hydrogen (secondary N) is 2. The Morgan fingerprint density at radius 1 is 1.33 bits per heavy atom. The van der Waals surface area contributed by atoms with Crippen molar-refractivity contribution in [2.75, 3.05) is 17.2 Å². The number of aromatic nitrogens is 1. The van der Waals surface area contributed by atoms with Crippen molar-refractivity contribution < 1.29 is 13.6 Å². The highest BCUT2D eigenvalue weighted by molar-refractivity contribution is 9.10. The third kappa shape index (κ3) is 3.75. The molecule has 1 amide bonds. The Morgan fingerprint density at radius 3 is 2.76 bits per heavy atom. The topological polar surface area (TPSA) is 54.0 Å². The molecule has 0 atom stereocenters. The Hall–Kier alpha value is -2.02. The first-order chi connectivity index (χ1) is 10.0. The minimum Gasteiger partial charge on any atom is -0.370 e. The van der Waals surface area contributed by atoms with Crippen molar-refractivity contribution in [1.29, 1.82) is 0 Å². The highest BCUT2D eigenvalue weighted by atomic mass is 79.9. The van der Waals surface area contributed by atoms with E-state index < -0.39 is 17.5 Å². The minimum absolute atomic E-state index is 0.0808. The maximum absolute atomic E-state index is 13.3. The van der Waals surface area contributed by atoms with E-state index in [9.17, 15) is 13.6 Å². The van der Waals surface area contributed by atoms with Crippen LogP contribution in [0.3, 0.4) is 0 Å². The van der Waals surface area contributed by atoms with Crippen LogP contribution >= 0.6 is 15.9 Å². The largest absolute Gasteiger partial charge is 0.370 e. The lowest BCUT2D eigenvalue weighted by molar-refractivity contribution is 0.102. The molecule has 0 bridgehead atoms. The van der Waals surface area contributed by atoms with Crippen LogP contribution in [0, 0.1) is 11.6 Å². The van der Waals surface area contributed by atoms with Crippen LogP contribution in [0.15, 0.2) is 34.9 Å². The van der Waals surface area contributed by atoms with Gasteiger partial charge < -0.3 is 10.6 Å². The highest BCUT2D eigenvalue weighted by Gasteiger charge is 2.14. The van der Waals surface area contributed by atoms with Crippen LogP contribution < -0.4 is 10.6 Å². The van der Waals surface area contributed by atoms with Gasteiger partial charge in [-0.05, 0) is 47.1 Å². The van der Waals surface area contributed by atoms with Gasteiger partial charge >= 0.3 is 0 Å². The van der Waals surface area contributed by atoms with Crippen LogP contribution in [-0.4, -0.2) is 17.4 Å². The third-order valence-corrected chi connectivity index (χ3v) is 3.23. The second-order valence-corrected chi connectivity index (χ2v) is 5.02. The molecule has 1 heterocycles. The molecule has 0 radical (unpaired) electrons. The maximum Gasteiger partial charge on any atom is 0.259 e. The predicted octanol–water partition coefficient (Wildman–Crippen LogP) is 3.81. The quantitative estimate of drug-likeness (QED) is 0.876. The molecule has 0 aliphatic rings. The Kier molecular flexibility index (Phi) is 4.85. The Morgan fingerprint density at radius 2 is 2.10 bits per heavy atom. The summed E-state index contributed by atoms with van der Waals surface area (Å²) in [5, 5.41) is 5.45. The lowest BCUT2D eigenvalue weighted by Crippen LogP contribution is -2.16. The summed E-state index contributed by atoms with van der Waals surface area (Å²) in [6.07, 6.45) is 1.03. The summed E-state index contributed by atoms with van der Waals surface area (Å²) < 4.78 is 26.7. The summed E-state index contributed by atoms with van der Waals surface area (Å²) in [5.74, 6) is -1.29. The highest BCUT2D eigenvalue weighted by Crippen LogP contribution is 2.21. The molecule has 2 aromatic rings. The smallest absolute Gasteiger partial charge is 0.259 e. The van der Waals surface area contributed by atoms with Crippen molar-refractivity contribution in [3.8, 4) is 0 Å². The fourth-order valence-corrected chi connectivity index (χ4v) is 2.07. The number of carbonyl (C=O) groups is 1. The Bertz CT molecular complexity index is 679. The summed E-state index contributed by atoms with van der Waals surface area (Å²) in [7, 11) is 0. The number of anilines is 2. The van der Waals surface area contributed by atoms with Gasteiger partial charge in [0.15, 0.2) is 0 Å². The molecule has 0 fully saturated rings. The van der Waals surface area contributed by atoms with Crippen molar-refractivity contribution in [3.63, 3.8) is 0 Å². The molecule has 2 rings (SSSR count). The van der Waals surface area contributed by atoms with Gasteiger partial charge in [-0.25, -0.2) is 13.8 Å². The van der Waals surface area contributed by atoms with Crippen molar-refractivity contribution in [2.24, 2.45) is 0 Å². The van der Waals surface area contributed by atoms with Gasteiger partial charge in [-0.1, -0.05) is 0 Å². The first-order valence-electron chi connectivity index (χ1n) is 6.17. The van der Waals surface area contributed by atoms with Crippen molar-refractivity contribution in [3.05, 3.63) is 52.1 Å². The van der Waals surface area contributed by atoms with Gasteiger partial charge in [0, 0.05) is 12.2 Å². The van der Waals surface area contributed by atoms with Crippen molar-refractivity contribution >= 4 is 33.3 Å². The zero-order valence-electron chi connectivity index (χ0n) is 11.1. The molecular weight excluding hydrogens is 344 g/mol. The van der Waals surface area contributed by atoms with E-state index in [1.165, 1.54) is 18.2 Å². The Balaban J connectivity index is 2.27. The van der Waals surface area contributed by atoms with E-state index in [1.54, 1.807) is 0 Å². The zero-order chi connectivity index (χ0) is 15.4. The number of benzene rings is 1. The molecule has 0 aliphatic carbocycles. The molecule has 7 heteroatoms. The summed E-state index contributed by atoms with van der Waals surface area (Å²) in [6, 6.07) is 5.15. The standard InChI is InChI=1S/C14H12BrF2N3O/c1-2-18-13-10(5-8(16)7-19-13)14(21)20-9-3-4-12(17)11(15)6-9/h3-7H,2H2,1H3,(H,18,19)(H,20,21). The number of nitrogens with zero attached hydrogens (tertiary/aromatic N) is 1. The molecule has 0 unspecified atom stereocenters. The van der Waals surface area contributed by atoms with Crippen molar-refractivity contribution in [1.82, 2.24) is 4.98 Å². The summed E-state index contributed by atoms with van der Waals surface area (Å²) in [4.78, 5) is 16.0. The summed E-state index contributed by atoms with van der Waals surface area (Å²) in [6.45, 7) is 2.38. The van der Waals surface area contributed by atoms with E-state index in [0.29, 0.717) is 12.2 Å². The lowest BCUT2D eigenvalue weighted by Gasteiger charge is -2.10. The van der Waals surface area contributed by atoms with Gasteiger partial charge in [0.25, 0.3) is 5.91 Å². The molecule has 1 aromatic carbocycles. The predicted molar refractivity (Wildman–Crippen MR) is 80.4 cm³/mol. The molecular formula is C14H12BrF2N3O. The molecule has 1 aromatic heterocycles. The molecule has 2 N–H and O–H groups in total. The molecule has 0 saturated heterocycles. The molecule has 0 aliphatic heterocycles. The van der Waals surface area contributed by atoms with Gasteiger partial charge in [-0.15, -0.1) is 0 Å². The lowest BCUT2D eigenvalue weighted by atomic mass is 10.2. The minimum atomic E-state index is -0.609. The molecule has 21 heavy (non-hydrogen) atoms. The van der Waals surface area contributed by atoms with Gasteiger partial charge in [-0.3, -0.25) is 4.79 Å². The van der Waals surface area contributed by atoms with Crippen molar-refractivity contribution in [2.45, 2.75) is 6.92 Å².